The fraction of sp³-hybridized carbons (Fsp3) is 0.0667. The lowest BCUT2D eigenvalue weighted by Gasteiger charge is -2.20. The highest BCUT2D eigenvalue weighted by molar-refractivity contribution is 7.91. The molecule has 0 atom stereocenters. The van der Waals surface area contributed by atoms with Gasteiger partial charge >= 0.3 is 0 Å². The molecule has 0 unspecified atom stereocenters. The number of benzene rings is 2. The summed E-state index contributed by atoms with van der Waals surface area (Å²) < 4.78 is 80.1. The van der Waals surface area contributed by atoms with E-state index in [1.807, 2.05) is 0 Å². The second-order valence-corrected chi connectivity index (χ2v) is 10.7. The largest absolute Gasteiger partial charge is 0.289 e. The van der Waals surface area contributed by atoms with Crippen molar-refractivity contribution in [3.8, 4) is 0 Å². The first-order valence-electron chi connectivity index (χ1n) is 7.56. The summed E-state index contributed by atoms with van der Waals surface area (Å²) >= 11 is 0. The first kappa shape index (κ1) is 21.2. The van der Waals surface area contributed by atoms with Crippen molar-refractivity contribution in [1.29, 1.82) is 0 Å². The Morgan fingerprint density at radius 2 is 1.52 bits per heavy atom. The van der Waals surface area contributed by atoms with Crippen LogP contribution in [0.4, 0.5) is 0 Å². The SMILES string of the molecule is NS(=O)(=O)c1ccc2c(c1)C(=O)c1c(cccc1S(=O)(=O)NCS(=O)(=O)O)C2=O. The maximum atomic E-state index is 13.0. The van der Waals surface area contributed by atoms with E-state index in [1.165, 1.54) is 12.1 Å². The molecule has 1 aliphatic carbocycles. The zero-order valence-electron chi connectivity index (χ0n) is 14.2. The number of rotatable bonds is 5. The first-order valence-corrected chi connectivity index (χ1v) is 12.2. The standard InChI is InChI=1S/C15H12N2O9S3/c16-28(23,24)8-4-5-9-11(6-8)15(19)13-10(14(9)18)2-1-3-12(13)29(25,26)17-7-27(20,21)22/h1-6,17H,7H2,(H2,16,23,24)(H,20,21,22). The van der Waals surface area contributed by atoms with E-state index in [0.717, 1.165) is 24.3 Å². The second kappa shape index (κ2) is 6.79. The number of primary sulfonamides is 1. The minimum atomic E-state index is -4.70. The van der Waals surface area contributed by atoms with Crippen LogP contribution in [0.15, 0.2) is 46.2 Å². The van der Waals surface area contributed by atoms with E-state index in [2.05, 4.69) is 0 Å². The van der Waals surface area contributed by atoms with Gasteiger partial charge in [0.1, 0.15) is 5.88 Å². The van der Waals surface area contributed by atoms with Gasteiger partial charge in [0.25, 0.3) is 10.1 Å². The van der Waals surface area contributed by atoms with Crippen molar-refractivity contribution in [2.75, 3.05) is 5.88 Å². The van der Waals surface area contributed by atoms with Crippen LogP contribution in [-0.4, -0.2) is 47.2 Å². The molecule has 0 amide bonds. The van der Waals surface area contributed by atoms with E-state index >= 15 is 0 Å². The molecule has 154 valence electrons. The minimum absolute atomic E-state index is 0.143. The molecule has 0 aromatic heterocycles. The Bertz CT molecular complexity index is 1390. The van der Waals surface area contributed by atoms with Gasteiger partial charge in [0.05, 0.1) is 15.4 Å². The van der Waals surface area contributed by atoms with Gasteiger partial charge in [-0.2, -0.15) is 13.1 Å². The van der Waals surface area contributed by atoms with Crippen LogP contribution in [0.3, 0.4) is 0 Å². The predicted molar refractivity (Wildman–Crippen MR) is 97.9 cm³/mol. The van der Waals surface area contributed by atoms with Crippen LogP contribution in [0.2, 0.25) is 0 Å². The van der Waals surface area contributed by atoms with Gasteiger partial charge in [-0.3, -0.25) is 14.1 Å². The summed E-state index contributed by atoms with van der Waals surface area (Å²) in [7, 11) is -13.5. The van der Waals surface area contributed by atoms with Gasteiger partial charge in [0.15, 0.2) is 11.6 Å². The molecule has 0 aliphatic heterocycles. The molecule has 29 heavy (non-hydrogen) atoms. The Hall–Kier alpha value is -2.49. The molecule has 14 heteroatoms. The maximum absolute atomic E-state index is 13.0. The number of sulfonamides is 2. The van der Waals surface area contributed by atoms with Gasteiger partial charge in [-0.1, -0.05) is 12.1 Å². The normalized spacial score (nSPS) is 14.4. The lowest BCUT2D eigenvalue weighted by atomic mass is 9.84. The fourth-order valence-electron chi connectivity index (χ4n) is 2.77. The highest BCUT2D eigenvalue weighted by Gasteiger charge is 2.35. The van der Waals surface area contributed by atoms with Gasteiger partial charge in [0, 0.05) is 16.7 Å². The third-order valence-electron chi connectivity index (χ3n) is 4.03. The van der Waals surface area contributed by atoms with Crippen LogP contribution in [0, 0.1) is 0 Å². The number of carbonyl (C=O) groups is 2. The number of hydrogen-bond donors (Lipinski definition) is 3. The van der Waals surface area contributed by atoms with Crippen molar-refractivity contribution < 1.29 is 39.4 Å². The third kappa shape index (κ3) is 3.98. The summed E-state index contributed by atoms with van der Waals surface area (Å²) in [4.78, 5) is 24.5. The van der Waals surface area contributed by atoms with Crippen LogP contribution in [0.5, 0.6) is 0 Å². The molecule has 11 nitrogen and oxygen atoms in total. The molecular formula is C15H12N2O9S3. The smallest absolute Gasteiger partial charge is 0.279 e. The van der Waals surface area contributed by atoms with Crippen molar-refractivity contribution in [1.82, 2.24) is 4.72 Å². The van der Waals surface area contributed by atoms with Crippen LogP contribution in [0.1, 0.15) is 31.8 Å². The Morgan fingerprint density at radius 3 is 2.10 bits per heavy atom. The molecule has 0 bridgehead atoms. The maximum Gasteiger partial charge on any atom is 0.279 e. The van der Waals surface area contributed by atoms with Gasteiger partial charge in [-0.05, 0) is 24.3 Å². The van der Waals surface area contributed by atoms with Crippen molar-refractivity contribution in [3.05, 3.63) is 58.7 Å². The molecule has 2 aromatic rings. The molecule has 0 fully saturated rings. The lowest BCUT2D eigenvalue weighted by Crippen LogP contribution is -2.32. The molecule has 0 saturated heterocycles. The molecule has 0 heterocycles. The summed E-state index contributed by atoms with van der Waals surface area (Å²) in [6.45, 7) is 0. The molecule has 0 spiro atoms. The van der Waals surface area contributed by atoms with E-state index in [1.54, 1.807) is 4.72 Å². The van der Waals surface area contributed by atoms with Gasteiger partial charge in [-0.15, -0.1) is 0 Å². The van der Waals surface area contributed by atoms with Crippen molar-refractivity contribution in [3.63, 3.8) is 0 Å². The van der Waals surface area contributed by atoms with E-state index in [9.17, 15) is 34.8 Å². The Balaban J connectivity index is 2.22. The van der Waals surface area contributed by atoms with E-state index in [0.29, 0.717) is 0 Å². The molecule has 0 saturated carbocycles. The monoisotopic (exact) mass is 460 g/mol. The van der Waals surface area contributed by atoms with Gasteiger partial charge in [-0.25, -0.2) is 22.0 Å². The summed E-state index contributed by atoms with van der Waals surface area (Å²) in [6.07, 6.45) is 0. The number of nitrogens with one attached hydrogen (secondary N) is 1. The van der Waals surface area contributed by atoms with Gasteiger partial charge < -0.3 is 0 Å². The summed E-state index contributed by atoms with van der Waals surface area (Å²) in [5.41, 5.74) is -1.33. The highest BCUT2D eigenvalue weighted by atomic mass is 32.2. The fourth-order valence-corrected chi connectivity index (χ4v) is 5.42. The molecular weight excluding hydrogens is 448 g/mol. The van der Waals surface area contributed by atoms with E-state index in [4.69, 9.17) is 9.69 Å². The van der Waals surface area contributed by atoms with Crippen LogP contribution >= 0.6 is 0 Å². The molecule has 3 rings (SSSR count). The van der Waals surface area contributed by atoms with Crippen LogP contribution in [0.25, 0.3) is 0 Å². The topological polar surface area (TPSA) is 195 Å². The predicted octanol–water partition coefficient (Wildman–Crippen LogP) is -0.767. The zero-order chi connectivity index (χ0) is 21.8. The van der Waals surface area contributed by atoms with E-state index in [-0.39, 0.29) is 16.7 Å². The van der Waals surface area contributed by atoms with Crippen molar-refractivity contribution >= 4 is 41.7 Å². The van der Waals surface area contributed by atoms with Crippen LogP contribution in [-0.2, 0) is 30.2 Å². The average Bonchev–Trinajstić information content (AvgIpc) is 2.62. The Labute approximate surface area is 165 Å². The second-order valence-electron chi connectivity index (χ2n) is 5.96. The lowest BCUT2D eigenvalue weighted by molar-refractivity contribution is 0.0976. The van der Waals surface area contributed by atoms with Crippen molar-refractivity contribution in [2.24, 2.45) is 5.14 Å². The molecule has 4 N–H and O–H groups in total. The average molecular weight is 460 g/mol. The van der Waals surface area contributed by atoms with Crippen molar-refractivity contribution in [2.45, 2.75) is 9.79 Å². The summed E-state index contributed by atoms with van der Waals surface area (Å²) in [5.74, 6) is -3.05. The Morgan fingerprint density at radius 1 is 0.862 bits per heavy atom. The van der Waals surface area contributed by atoms with Gasteiger partial charge in [0.2, 0.25) is 20.0 Å². The number of ketones is 2. The first-order chi connectivity index (χ1) is 13.2. The molecule has 0 radical (unpaired) electrons. The quantitative estimate of drug-likeness (QED) is 0.410. The zero-order valence-corrected chi connectivity index (χ0v) is 16.6. The summed E-state index contributed by atoms with van der Waals surface area (Å²) in [6, 6.07) is 6.34. The van der Waals surface area contributed by atoms with Crippen LogP contribution < -0.4 is 9.86 Å². The van der Waals surface area contributed by atoms with E-state index < -0.39 is 63.0 Å². The Kier molecular flexibility index (Phi) is 4.97. The molecule has 1 aliphatic rings. The third-order valence-corrected chi connectivity index (χ3v) is 7.07. The number of carbonyl (C=O) groups excluding carboxylic acids is 2. The number of hydrogen-bond acceptors (Lipinski definition) is 8. The molecule has 2 aromatic carbocycles. The number of fused-ring (bicyclic) bond motifs is 2. The summed E-state index contributed by atoms with van der Waals surface area (Å²) in [5, 5.41) is 5.03. The number of nitrogens with two attached hydrogens (primary N) is 1. The highest BCUT2D eigenvalue weighted by Crippen LogP contribution is 2.32. The minimum Gasteiger partial charge on any atom is -0.289 e.